The molecule has 2 rings (SSSR count). The smallest absolute Gasteiger partial charge is 0.220 e. The second-order valence-electron chi connectivity index (χ2n) is 5.64. The molecule has 1 saturated heterocycles. The fourth-order valence-electron chi connectivity index (χ4n) is 2.32. The Morgan fingerprint density at radius 3 is 3.16 bits per heavy atom. The largest absolute Gasteiger partial charge is 0.381 e. The van der Waals surface area contributed by atoms with E-state index in [0.717, 1.165) is 31.9 Å². The van der Waals surface area contributed by atoms with Crippen LogP contribution in [0.25, 0.3) is 0 Å². The first-order chi connectivity index (χ1) is 9.15. The fraction of sp³-hybridized carbons (Fsp3) is 0.714. The maximum Gasteiger partial charge on any atom is 0.220 e. The van der Waals surface area contributed by atoms with Crippen LogP contribution in [0.4, 0.5) is 0 Å². The van der Waals surface area contributed by atoms with Crippen LogP contribution in [0.15, 0.2) is 12.5 Å². The lowest BCUT2D eigenvalue weighted by molar-refractivity contribution is -0.122. The van der Waals surface area contributed by atoms with Gasteiger partial charge >= 0.3 is 0 Å². The normalized spacial score (nSPS) is 19.0. The van der Waals surface area contributed by atoms with Crippen molar-refractivity contribution in [2.75, 3.05) is 13.2 Å². The highest BCUT2D eigenvalue weighted by molar-refractivity contribution is 5.76. The average Bonchev–Trinajstić information content (AvgIpc) is 2.97. The molecule has 1 N–H and O–H groups in total. The highest BCUT2D eigenvalue weighted by Crippen LogP contribution is 2.15. The minimum Gasteiger partial charge on any atom is -0.381 e. The van der Waals surface area contributed by atoms with E-state index in [9.17, 15) is 4.79 Å². The monoisotopic (exact) mass is 265 g/mol. The molecule has 1 aliphatic heterocycles. The standard InChI is InChI=1S/C14H23N3O2/c1-11(2)8-17-10-15-6-13(17)7-16-14(18)5-12-3-4-19-9-12/h6,10-12H,3-5,7-9H2,1-2H3,(H,16,18)/t12-/m1/s1. The maximum atomic E-state index is 11.8. The number of hydrogen-bond acceptors (Lipinski definition) is 3. The Morgan fingerprint density at radius 2 is 2.47 bits per heavy atom. The number of aromatic nitrogens is 2. The van der Waals surface area contributed by atoms with Crippen LogP contribution in [0.2, 0.25) is 0 Å². The highest BCUT2D eigenvalue weighted by Gasteiger charge is 2.19. The number of carbonyl (C=O) groups excluding carboxylic acids is 1. The van der Waals surface area contributed by atoms with Gasteiger partial charge in [-0.05, 0) is 18.3 Å². The van der Waals surface area contributed by atoms with Crippen molar-refractivity contribution in [3.05, 3.63) is 18.2 Å². The van der Waals surface area contributed by atoms with Gasteiger partial charge in [0.25, 0.3) is 0 Å². The van der Waals surface area contributed by atoms with E-state index in [1.807, 2.05) is 12.5 Å². The third kappa shape index (κ3) is 4.35. The number of nitrogens with one attached hydrogen (secondary N) is 1. The van der Waals surface area contributed by atoms with E-state index in [-0.39, 0.29) is 5.91 Å². The lowest BCUT2D eigenvalue weighted by Gasteiger charge is -2.12. The Balaban J connectivity index is 1.78. The number of hydrogen-bond donors (Lipinski definition) is 1. The molecule has 1 aromatic rings. The predicted molar refractivity (Wildman–Crippen MR) is 72.5 cm³/mol. The van der Waals surface area contributed by atoms with Crippen LogP contribution < -0.4 is 5.32 Å². The minimum atomic E-state index is 0.104. The molecule has 0 radical (unpaired) electrons. The van der Waals surface area contributed by atoms with E-state index in [1.165, 1.54) is 0 Å². The Bertz CT molecular complexity index is 409. The molecule has 0 aliphatic carbocycles. The third-order valence-electron chi connectivity index (χ3n) is 3.33. The van der Waals surface area contributed by atoms with Gasteiger partial charge < -0.3 is 14.6 Å². The summed E-state index contributed by atoms with van der Waals surface area (Å²) in [6, 6.07) is 0. The molecular weight excluding hydrogens is 242 g/mol. The quantitative estimate of drug-likeness (QED) is 0.849. The van der Waals surface area contributed by atoms with Crippen LogP contribution in [-0.4, -0.2) is 28.7 Å². The van der Waals surface area contributed by atoms with E-state index in [0.29, 0.717) is 24.8 Å². The first-order valence-corrected chi connectivity index (χ1v) is 6.98. The molecule has 0 spiro atoms. The van der Waals surface area contributed by atoms with Crippen LogP contribution >= 0.6 is 0 Å². The Morgan fingerprint density at radius 1 is 1.63 bits per heavy atom. The molecule has 0 aromatic carbocycles. The number of ether oxygens (including phenoxy) is 1. The van der Waals surface area contributed by atoms with Crippen LogP contribution in [0.5, 0.6) is 0 Å². The van der Waals surface area contributed by atoms with Crippen molar-refractivity contribution in [3.8, 4) is 0 Å². The van der Waals surface area contributed by atoms with Gasteiger partial charge in [0.1, 0.15) is 0 Å². The van der Waals surface area contributed by atoms with Gasteiger partial charge in [0.05, 0.1) is 18.6 Å². The van der Waals surface area contributed by atoms with Gasteiger partial charge in [0.15, 0.2) is 0 Å². The van der Waals surface area contributed by atoms with Crippen LogP contribution in [0.1, 0.15) is 32.4 Å². The summed E-state index contributed by atoms with van der Waals surface area (Å²) in [5.41, 5.74) is 1.06. The first-order valence-electron chi connectivity index (χ1n) is 6.98. The molecule has 5 nitrogen and oxygen atoms in total. The van der Waals surface area contributed by atoms with Crippen molar-refractivity contribution >= 4 is 5.91 Å². The van der Waals surface area contributed by atoms with Crippen molar-refractivity contribution in [2.24, 2.45) is 11.8 Å². The summed E-state index contributed by atoms with van der Waals surface area (Å²) >= 11 is 0. The predicted octanol–water partition coefficient (Wildman–Crippen LogP) is 1.58. The van der Waals surface area contributed by atoms with E-state index in [1.54, 1.807) is 0 Å². The first kappa shape index (κ1) is 14.1. The van der Waals surface area contributed by atoms with Gasteiger partial charge in [-0.2, -0.15) is 0 Å². The Hall–Kier alpha value is -1.36. The van der Waals surface area contributed by atoms with Gasteiger partial charge in [0.2, 0.25) is 5.91 Å². The molecule has 2 heterocycles. The Labute approximate surface area is 114 Å². The molecule has 0 unspecified atom stereocenters. The van der Waals surface area contributed by atoms with Crippen molar-refractivity contribution in [3.63, 3.8) is 0 Å². The number of imidazole rings is 1. The summed E-state index contributed by atoms with van der Waals surface area (Å²) in [7, 11) is 0. The van der Waals surface area contributed by atoms with Gasteiger partial charge in [-0.15, -0.1) is 0 Å². The van der Waals surface area contributed by atoms with Crippen LogP contribution in [0.3, 0.4) is 0 Å². The molecule has 1 fully saturated rings. The van der Waals surface area contributed by atoms with E-state index >= 15 is 0 Å². The molecule has 5 heteroatoms. The molecule has 1 amide bonds. The highest BCUT2D eigenvalue weighted by atomic mass is 16.5. The number of nitrogens with zero attached hydrogens (tertiary/aromatic N) is 2. The van der Waals surface area contributed by atoms with Gasteiger partial charge in [-0.1, -0.05) is 13.8 Å². The zero-order valence-electron chi connectivity index (χ0n) is 11.8. The van der Waals surface area contributed by atoms with Crippen molar-refractivity contribution in [1.82, 2.24) is 14.9 Å². The van der Waals surface area contributed by atoms with E-state index in [4.69, 9.17) is 4.74 Å². The summed E-state index contributed by atoms with van der Waals surface area (Å²) < 4.78 is 7.38. The zero-order chi connectivity index (χ0) is 13.7. The third-order valence-corrected chi connectivity index (χ3v) is 3.33. The Kier molecular flexibility index (Phi) is 4.96. The van der Waals surface area contributed by atoms with Crippen LogP contribution in [0, 0.1) is 11.8 Å². The van der Waals surface area contributed by atoms with Gasteiger partial charge in [-0.3, -0.25) is 4.79 Å². The summed E-state index contributed by atoms with van der Waals surface area (Å²) in [5, 5.41) is 2.97. The van der Waals surface area contributed by atoms with Crippen molar-refractivity contribution in [1.29, 1.82) is 0 Å². The molecule has 0 saturated carbocycles. The summed E-state index contributed by atoms with van der Waals surface area (Å²) in [4.78, 5) is 16.0. The minimum absolute atomic E-state index is 0.104. The fourth-order valence-corrected chi connectivity index (χ4v) is 2.32. The molecule has 19 heavy (non-hydrogen) atoms. The second kappa shape index (κ2) is 6.70. The lowest BCUT2D eigenvalue weighted by atomic mass is 10.1. The van der Waals surface area contributed by atoms with Crippen LogP contribution in [-0.2, 0) is 22.6 Å². The summed E-state index contributed by atoms with van der Waals surface area (Å²) in [5.74, 6) is 1.06. The van der Waals surface area contributed by atoms with E-state index < -0.39 is 0 Å². The molecule has 1 aromatic heterocycles. The molecule has 1 atom stereocenters. The average molecular weight is 265 g/mol. The zero-order valence-corrected chi connectivity index (χ0v) is 11.8. The van der Waals surface area contributed by atoms with Gasteiger partial charge in [-0.25, -0.2) is 4.98 Å². The number of carbonyl (C=O) groups is 1. The number of amides is 1. The summed E-state index contributed by atoms with van der Waals surface area (Å²) in [6.07, 6.45) is 5.21. The number of rotatable bonds is 6. The second-order valence-corrected chi connectivity index (χ2v) is 5.64. The summed E-state index contributed by atoms with van der Waals surface area (Å²) in [6.45, 7) is 7.34. The SMILES string of the molecule is CC(C)Cn1cncc1CNC(=O)C[C@H]1CCOC1. The molecule has 1 aliphatic rings. The van der Waals surface area contributed by atoms with Crippen molar-refractivity contribution in [2.45, 2.75) is 39.8 Å². The van der Waals surface area contributed by atoms with Gasteiger partial charge in [0, 0.05) is 32.4 Å². The molecular formula is C14H23N3O2. The lowest BCUT2D eigenvalue weighted by Crippen LogP contribution is -2.26. The van der Waals surface area contributed by atoms with E-state index in [2.05, 4.69) is 28.7 Å². The topological polar surface area (TPSA) is 56.2 Å². The molecule has 0 bridgehead atoms. The maximum absolute atomic E-state index is 11.8. The van der Waals surface area contributed by atoms with Crippen molar-refractivity contribution < 1.29 is 9.53 Å². The molecule has 106 valence electrons.